The van der Waals surface area contributed by atoms with Crippen LogP contribution in [0.15, 0.2) is 51.6 Å². The smallest absolute Gasteiger partial charge is 0.202 e. The molecule has 1 aliphatic rings. The highest BCUT2D eigenvalue weighted by Crippen LogP contribution is 2.34. The Hall–Kier alpha value is -2.51. The average Bonchev–Trinajstić information content (AvgIpc) is 3.31. The van der Waals surface area contributed by atoms with Crippen LogP contribution >= 0.6 is 0 Å². The summed E-state index contributed by atoms with van der Waals surface area (Å²) in [6.07, 6.45) is 1.47. The molecule has 4 rings (SSSR count). The molecule has 1 aliphatic heterocycles. The van der Waals surface area contributed by atoms with Crippen LogP contribution in [0.2, 0.25) is 0 Å². The molecule has 3 heterocycles. The second-order valence-electron chi connectivity index (χ2n) is 6.17. The van der Waals surface area contributed by atoms with Crippen LogP contribution in [0.25, 0.3) is 11.5 Å². The first-order chi connectivity index (χ1) is 12.1. The zero-order chi connectivity index (χ0) is 17.4. The topological polar surface area (TPSA) is 62.6 Å². The van der Waals surface area contributed by atoms with E-state index in [2.05, 4.69) is 5.16 Å². The molecule has 3 aromatic rings. The van der Waals surface area contributed by atoms with Crippen molar-refractivity contribution in [3.63, 3.8) is 0 Å². The SMILES string of the molecule is O[C@H]1C[C@H](c2ccc(F)c(F)c2)N(Cc2cc(-c3ccco3)on2)C1. The fraction of sp³-hybridized carbons (Fsp3) is 0.278. The van der Waals surface area contributed by atoms with Gasteiger partial charge < -0.3 is 14.0 Å². The Balaban J connectivity index is 1.55. The third-order valence-corrected chi connectivity index (χ3v) is 4.40. The van der Waals surface area contributed by atoms with Gasteiger partial charge in [-0.1, -0.05) is 11.2 Å². The van der Waals surface area contributed by atoms with Gasteiger partial charge in [0.15, 0.2) is 17.4 Å². The van der Waals surface area contributed by atoms with Crippen molar-refractivity contribution in [3.05, 3.63) is 65.6 Å². The molecule has 0 bridgehead atoms. The summed E-state index contributed by atoms with van der Waals surface area (Å²) >= 11 is 0. The summed E-state index contributed by atoms with van der Waals surface area (Å²) in [5.41, 5.74) is 1.30. The maximum absolute atomic E-state index is 13.6. The predicted octanol–water partition coefficient (Wildman–Crippen LogP) is 3.52. The molecule has 2 atom stereocenters. The van der Waals surface area contributed by atoms with E-state index in [4.69, 9.17) is 8.94 Å². The van der Waals surface area contributed by atoms with Crippen molar-refractivity contribution in [1.82, 2.24) is 10.1 Å². The molecule has 1 fully saturated rings. The highest BCUT2D eigenvalue weighted by atomic mass is 19.2. The number of benzene rings is 1. The summed E-state index contributed by atoms with van der Waals surface area (Å²) in [6.45, 7) is 0.845. The first-order valence-corrected chi connectivity index (χ1v) is 7.96. The molecule has 0 amide bonds. The Morgan fingerprint density at radius 3 is 2.80 bits per heavy atom. The summed E-state index contributed by atoms with van der Waals surface area (Å²) < 4.78 is 37.3. The fourth-order valence-corrected chi connectivity index (χ4v) is 3.25. The van der Waals surface area contributed by atoms with Crippen LogP contribution < -0.4 is 0 Å². The normalized spacial score (nSPS) is 21.1. The van der Waals surface area contributed by atoms with E-state index in [0.717, 1.165) is 6.07 Å². The largest absolute Gasteiger partial charge is 0.461 e. The van der Waals surface area contributed by atoms with Crippen molar-refractivity contribution in [2.24, 2.45) is 0 Å². The van der Waals surface area contributed by atoms with Crippen molar-refractivity contribution in [1.29, 1.82) is 0 Å². The van der Waals surface area contributed by atoms with Gasteiger partial charge in [0.25, 0.3) is 0 Å². The standard InChI is InChI=1S/C18H16F2N2O3/c19-14-4-3-11(6-15(14)20)16-8-13(23)10-22(16)9-12-7-18(25-21-12)17-2-1-5-24-17/h1-7,13,16,23H,8-10H2/t13-,16+/m0/s1. The summed E-state index contributed by atoms with van der Waals surface area (Å²) in [7, 11) is 0. The number of nitrogens with zero attached hydrogens (tertiary/aromatic N) is 2. The van der Waals surface area contributed by atoms with Gasteiger partial charge in [-0.3, -0.25) is 4.90 Å². The first kappa shape index (κ1) is 16.0. The van der Waals surface area contributed by atoms with Crippen molar-refractivity contribution in [2.45, 2.75) is 25.1 Å². The van der Waals surface area contributed by atoms with E-state index in [1.807, 2.05) is 4.90 Å². The second-order valence-corrected chi connectivity index (χ2v) is 6.17. The van der Waals surface area contributed by atoms with Gasteiger partial charge in [-0.05, 0) is 36.2 Å². The van der Waals surface area contributed by atoms with Crippen molar-refractivity contribution < 1.29 is 22.8 Å². The molecule has 25 heavy (non-hydrogen) atoms. The zero-order valence-electron chi connectivity index (χ0n) is 13.2. The monoisotopic (exact) mass is 346 g/mol. The molecule has 0 saturated carbocycles. The lowest BCUT2D eigenvalue weighted by atomic mass is 10.0. The lowest BCUT2D eigenvalue weighted by Crippen LogP contribution is -2.24. The van der Waals surface area contributed by atoms with Crippen LogP contribution in [-0.2, 0) is 6.54 Å². The molecule has 1 aromatic carbocycles. The second kappa shape index (κ2) is 6.42. The Labute approximate surface area is 142 Å². The van der Waals surface area contributed by atoms with Crippen molar-refractivity contribution in [2.75, 3.05) is 6.54 Å². The van der Waals surface area contributed by atoms with Gasteiger partial charge in [0.1, 0.15) is 0 Å². The van der Waals surface area contributed by atoms with E-state index in [1.165, 1.54) is 6.07 Å². The maximum Gasteiger partial charge on any atom is 0.202 e. The molecule has 5 nitrogen and oxygen atoms in total. The van der Waals surface area contributed by atoms with Crippen LogP contribution in [0.5, 0.6) is 0 Å². The number of hydrogen-bond acceptors (Lipinski definition) is 5. The molecular formula is C18H16F2N2O3. The lowest BCUT2D eigenvalue weighted by molar-refractivity contribution is 0.171. The number of β-amino-alcohol motifs (C(OH)–C–C–N with tert-alkyl or cyclic N) is 1. The molecule has 0 aliphatic carbocycles. The lowest BCUT2D eigenvalue weighted by Gasteiger charge is -2.23. The number of furan rings is 1. The molecule has 1 saturated heterocycles. The molecular weight excluding hydrogens is 330 g/mol. The van der Waals surface area contributed by atoms with Crippen molar-refractivity contribution >= 4 is 0 Å². The summed E-state index contributed by atoms with van der Waals surface area (Å²) in [5, 5.41) is 14.0. The molecule has 2 aromatic heterocycles. The Morgan fingerprint density at radius 2 is 2.04 bits per heavy atom. The quantitative estimate of drug-likeness (QED) is 0.783. The number of halogens is 2. The minimum absolute atomic E-state index is 0.214. The van der Waals surface area contributed by atoms with E-state index < -0.39 is 17.7 Å². The van der Waals surface area contributed by atoms with Crippen LogP contribution in [0, 0.1) is 11.6 Å². The molecule has 7 heteroatoms. The minimum atomic E-state index is -0.889. The molecule has 0 radical (unpaired) electrons. The fourth-order valence-electron chi connectivity index (χ4n) is 3.25. The highest BCUT2D eigenvalue weighted by Gasteiger charge is 2.33. The Bertz CT molecular complexity index is 863. The van der Waals surface area contributed by atoms with Gasteiger partial charge >= 0.3 is 0 Å². The third kappa shape index (κ3) is 3.20. The van der Waals surface area contributed by atoms with Crippen LogP contribution in [-0.4, -0.2) is 27.8 Å². The highest BCUT2D eigenvalue weighted by molar-refractivity contribution is 5.49. The number of likely N-dealkylation sites (tertiary alicyclic amines) is 1. The van der Waals surface area contributed by atoms with Gasteiger partial charge in [0.05, 0.1) is 18.1 Å². The van der Waals surface area contributed by atoms with Gasteiger partial charge in [0.2, 0.25) is 5.76 Å². The third-order valence-electron chi connectivity index (χ3n) is 4.40. The maximum atomic E-state index is 13.6. The van der Waals surface area contributed by atoms with Crippen LogP contribution in [0.3, 0.4) is 0 Å². The molecule has 0 unspecified atom stereocenters. The van der Waals surface area contributed by atoms with E-state index in [0.29, 0.717) is 42.3 Å². The van der Waals surface area contributed by atoms with E-state index in [9.17, 15) is 13.9 Å². The zero-order valence-corrected chi connectivity index (χ0v) is 13.2. The number of aliphatic hydroxyl groups is 1. The minimum Gasteiger partial charge on any atom is -0.461 e. The van der Waals surface area contributed by atoms with Crippen LogP contribution in [0.1, 0.15) is 23.7 Å². The number of aromatic nitrogens is 1. The van der Waals surface area contributed by atoms with Gasteiger partial charge in [-0.15, -0.1) is 0 Å². The molecule has 0 spiro atoms. The summed E-state index contributed by atoms with van der Waals surface area (Å²) in [5.74, 6) is -0.671. The van der Waals surface area contributed by atoms with Crippen molar-refractivity contribution in [3.8, 4) is 11.5 Å². The average molecular weight is 346 g/mol. The van der Waals surface area contributed by atoms with Gasteiger partial charge in [-0.25, -0.2) is 8.78 Å². The number of rotatable bonds is 4. The summed E-state index contributed by atoms with van der Waals surface area (Å²) in [6, 6.07) is 8.92. The van der Waals surface area contributed by atoms with Crippen LogP contribution in [0.4, 0.5) is 8.78 Å². The predicted molar refractivity (Wildman–Crippen MR) is 84.3 cm³/mol. The summed E-state index contributed by atoms with van der Waals surface area (Å²) in [4.78, 5) is 1.97. The molecule has 1 N–H and O–H groups in total. The molecule has 130 valence electrons. The van der Waals surface area contributed by atoms with Gasteiger partial charge in [-0.2, -0.15) is 0 Å². The Kier molecular flexibility index (Phi) is 4.10. The van der Waals surface area contributed by atoms with E-state index in [-0.39, 0.29) is 6.04 Å². The number of aliphatic hydroxyl groups excluding tert-OH is 1. The first-order valence-electron chi connectivity index (χ1n) is 7.96. The van der Waals surface area contributed by atoms with E-state index in [1.54, 1.807) is 30.5 Å². The Morgan fingerprint density at radius 1 is 1.16 bits per heavy atom. The van der Waals surface area contributed by atoms with E-state index >= 15 is 0 Å². The van der Waals surface area contributed by atoms with Gasteiger partial charge in [0, 0.05) is 25.2 Å². The number of hydrogen-bond donors (Lipinski definition) is 1.